The molecule has 0 fully saturated rings. The fourth-order valence-corrected chi connectivity index (χ4v) is 3.80. The van der Waals surface area contributed by atoms with E-state index in [9.17, 15) is 20.2 Å². The molecule has 0 unspecified atom stereocenters. The van der Waals surface area contributed by atoms with Crippen LogP contribution in [0.5, 0.6) is 23.0 Å². The van der Waals surface area contributed by atoms with E-state index in [1.54, 1.807) is 24.3 Å². The Balaban J connectivity index is 0. The van der Waals surface area contributed by atoms with Gasteiger partial charge in [-0.1, -0.05) is 56.1 Å². The fourth-order valence-electron chi connectivity index (χ4n) is 3.32. The van der Waals surface area contributed by atoms with Gasteiger partial charge in [0.1, 0.15) is 23.0 Å². The molecule has 300 valence electrons. The van der Waals surface area contributed by atoms with Crippen molar-refractivity contribution in [3.63, 3.8) is 0 Å². The lowest BCUT2D eigenvalue weighted by atomic mass is 10.3. The van der Waals surface area contributed by atoms with Gasteiger partial charge in [0.15, 0.2) is 0 Å². The number of anilines is 2. The molecule has 4 aromatic carbocycles. The molecule has 0 radical (unpaired) electrons. The van der Waals surface area contributed by atoms with Crippen LogP contribution >= 0.6 is 48.8 Å². The number of aromatic hydroxyl groups is 1. The smallest absolute Gasteiger partial charge is 0.273 e. The van der Waals surface area contributed by atoms with E-state index in [0.717, 1.165) is 53.4 Å². The summed E-state index contributed by atoms with van der Waals surface area (Å²) in [6.45, 7) is 2.12. The molecule has 0 bridgehead atoms. The second kappa shape index (κ2) is 34.6. The van der Waals surface area contributed by atoms with Gasteiger partial charge in [-0.25, -0.2) is 0 Å². The van der Waals surface area contributed by atoms with Gasteiger partial charge in [-0.2, -0.15) is 0 Å². The highest BCUT2D eigenvalue weighted by Gasteiger charge is 2.06. The zero-order chi connectivity index (χ0) is 39.7. The van der Waals surface area contributed by atoms with Gasteiger partial charge in [0, 0.05) is 79.0 Å². The van der Waals surface area contributed by atoms with Crippen LogP contribution in [0.3, 0.4) is 0 Å². The lowest BCUT2D eigenvalue weighted by molar-refractivity contribution is -0.385. The van der Waals surface area contributed by atoms with Crippen molar-refractivity contribution in [1.82, 2.24) is 0 Å². The summed E-state index contributed by atoms with van der Waals surface area (Å²) in [4.78, 5) is 19.4. The predicted octanol–water partition coefficient (Wildman–Crippen LogP) is 7.46. The maximum Gasteiger partial charge on any atom is 0.273 e. The van der Waals surface area contributed by atoms with E-state index in [0.29, 0.717) is 44.1 Å². The summed E-state index contributed by atoms with van der Waals surface area (Å²) in [6, 6.07) is 25.9. The molecule has 0 atom stereocenters. The highest BCUT2D eigenvalue weighted by Crippen LogP contribution is 2.19. The third kappa shape index (κ3) is 28.3. The van der Waals surface area contributed by atoms with Crippen molar-refractivity contribution in [1.29, 1.82) is 0 Å². The maximum absolute atomic E-state index is 10.4. The maximum atomic E-state index is 10.4. The normalized spacial score (nSPS) is 9.35. The van der Waals surface area contributed by atoms with Gasteiger partial charge in [0.05, 0.1) is 41.8 Å². The van der Waals surface area contributed by atoms with Crippen molar-refractivity contribution in [3.8, 4) is 23.0 Å². The summed E-state index contributed by atoms with van der Waals surface area (Å²) in [5, 5.41) is 56.1. The Morgan fingerprint density at radius 1 is 0.556 bits per heavy atom. The zero-order valence-electron chi connectivity index (χ0n) is 29.6. The number of nitrogens with zero attached hydrogens (tertiary/aromatic N) is 2. The first-order chi connectivity index (χ1) is 25.5. The number of nitro benzene ring substituents is 2. The van der Waals surface area contributed by atoms with E-state index >= 15 is 0 Å². The molecule has 0 saturated heterocycles. The topological polar surface area (TPSA) is 247 Å². The summed E-state index contributed by atoms with van der Waals surface area (Å²) in [5.41, 5.74) is 12.4. The summed E-state index contributed by atoms with van der Waals surface area (Å²) in [7, 11) is 0. The molecule has 8 N–H and O–H groups in total. The van der Waals surface area contributed by atoms with Crippen molar-refractivity contribution in [2.75, 3.05) is 61.8 Å². The van der Waals surface area contributed by atoms with E-state index in [-0.39, 0.29) is 47.3 Å². The molecular weight excluding hydrogens is 904 g/mol. The molecular formula is C36H49Br3N4O11. The minimum absolute atomic E-state index is 0. The molecule has 18 heteroatoms. The number of phenolic OH excluding ortho intramolecular Hbond substituents is 1. The lowest BCUT2D eigenvalue weighted by Gasteiger charge is -2.04. The van der Waals surface area contributed by atoms with Gasteiger partial charge in [-0.05, 0) is 49.2 Å². The van der Waals surface area contributed by atoms with Crippen LogP contribution in [-0.2, 0) is 0 Å². The molecule has 0 saturated carbocycles. The van der Waals surface area contributed by atoms with Crippen LogP contribution in [0.25, 0.3) is 0 Å². The van der Waals surface area contributed by atoms with Crippen molar-refractivity contribution in [2.24, 2.45) is 0 Å². The first-order valence-corrected chi connectivity index (χ1v) is 18.5. The molecule has 4 aromatic rings. The number of phenols is 1. The predicted molar refractivity (Wildman–Crippen MR) is 224 cm³/mol. The van der Waals surface area contributed by atoms with Gasteiger partial charge in [-0.3, -0.25) is 20.2 Å². The van der Waals surface area contributed by atoms with E-state index in [1.807, 2.05) is 36.4 Å². The number of nitro groups is 2. The highest BCUT2D eigenvalue weighted by atomic mass is 79.9. The SMILES string of the molecule is Br.Nc1cccc(OCCCBr)c1.Nc1cccc(OCCCO)c1.O=[N+]([O-])c1cccc(O)c1.O=[N+]([O-])c1cccc(OCCCO)c1.OCCCBr. The zero-order valence-corrected chi connectivity index (χ0v) is 34.5. The Labute approximate surface area is 342 Å². The molecule has 0 aliphatic heterocycles. The minimum Gasteiger partial charge on any atom is -0.508 e. The average molecular weight is 954 g/mol. The number of aliphatic hydroxyl groups is 3. The molecule has 0 spiro atoms. The number of aliphatic hydroxyl groups excluding tert-OH is 3. The van der Waals surface area contributed by atoms with Crippen LogP contribution in [0.2, 0.25) is 0 Å². The Bertz CT molecular complexity index is 1510. The number of nitrogens with two attached hydrogens (primary N) is 2. The summed E-state index contributed by atoms with van der Waals surface area (Å²) >= 11 is 6.48. The number of ether oxygens (including phenoxy) is 3. The second-order valence-corrected chi connectivity index (χ2v) is 11.8. The van der Waals surface area contributed by atoms with Gasteiger partial charge in [0.25, 0.3) is 11.4 Å². The number of hydrogen-bond acceptors (Lipinski definition) is 13. The Kier molecular flexibility index (Phi) is 33.2. The third-order valence-corrected chi connectivity index (χ3v) is 6.89. The van der Waals surface area contributed by atoms with Crippen LogP contribution < -0.4 is 25.7 Å². The van der Waals surface area contributed by atoms with Crippen LogP contribution in [0.4, 0.5) is 22.7 Å². The number of rotatable bonds is 16. The first-order valence-electron chi connectivity index (χ1n) is 16.2. The molecule has 4 rings (SSSR count). The molecule has 0 aliphatic rings. The number of non-ortho nitro benzene ring substituents is 2. The second-order valence-electron chi connectivity index (χ2n) is 10.2. The van der Waals surface area contributed by atoms with Gasteiger partial charge in [-0.15, -0.1) is 17.0 Å². The van der Waals surface area contributed by atoms with Crippen LogP contribution in [0.15, 0.2) is 97.1 Å². The molecule has 0 heterocycles. The average Bonchev–Trinajstić information content (AvgIpc) is 3.14. The molecule has 15 nitrogen and oxygen atoms in total. The number of nitrogen functional groups attached to an aromatic ring is 2. The summed E-state index contributed by atoms with van der Waals surface area (Å²) in [6.07, 6.45) is 3.03. The van der Waals surface area contributed by atoms with E-state index < -0.39 is 9.85 Å². The summed E-state index contributed by atoms with van der Waals surface area (Å²) < 4.78 is 15.9. The number of benzene rings is 4. The summed E-state index contributed by atoms with van der Waals surface area (Å²) in [5.74, 6) is 1.96. The Hall–Kier alpha value is -4.20. The van der Waals surface area contributed by atoms with Gasteiger partial charge < -0.3 is 46.1 Å². The molecule has 54 heavy (non-hydrogen) atoms. The molecule has 0 amide bonds. The van der Waals surface area contributed by atoms with E-state index in [4.69, 9.17) is 46.1 Å². The third-order valence-electron chi connectivity index (χ3n) is 5.77. The Morgan fingerprint density at radius 2 is 0.926 bits per heavy atom. The van der Waals surface area contributed by atoms with Crippen molar-refractivity contribution >= 4 is 71.6 Å². The van der Waals surface area contributed by atoms with Crippen molar-refractivity contribution in [3.05, 3.63) is 117 Å². The first kappa shape index (κ1) is 51.9. The molecule has 0 aromatic heterocycles. The van der Waals surface area contributed by atoms with Crippen LogP contribution in [0.1, 0.15) is 25.7 Å². The fraction of sp³-hybridized carbons (Fsp3) is 0.333. The van der Waals surface area contributed by atoms with Gasteiger partial charge >= 0.3 is 0 Å². The lowest BCUT2D eigenvalue weighted by Crippen LogP contribution is -1.99. The minimum atomic E-state index is -0.556. The number of alkyl halides is 2. The van der Waals surface area contributed by atoms with Crippen LogP contribution in [0, 0.1) is 20.2 Å². The largest absolute Gasteiger partial charge is 0.508 e. The Morgan fingerprint density at radius 3 is 1.26 bits per heavy atom. The van der Waals surface area contributed by atoms with Crippen molar-refractivity contribution < 1.29 is 44.5 Å². The van der Waals surface area contributed by atoms with E-state index in [2.05, 4.69) is 31.9 Å². The standard InChI is InChI=1S/C9H12BrNO.C9H11NO4.C9H13NO2.C6H5NO3.C3H7BrO.BrH/c10-5-2-6-12-9-4-1-3-8(11)7-9;11-5-2-6-14-9-4-1-3-8(7-9)10(12)13;10-8-3-1-4-9(7-8)12-6-2-5-11;8-6-3-1-2-5(4-6)7(9)10;4-2-1-3-5;/h1,3-4,7H,2,5-6,11H2;1,3-4,7,11H,2,5-6H2;1,3-4,7,11H,2,5-6,10H2;1-4,8H;5H,1-3H2;1H. The quantitative estimate of drug-likeness (QED) is 0.0210. The number of hydrogen-bond donors (Lipinski definition) is 6. The van der Waals surface area contributed by atoms with Gasteiger partial charge in [0.2, 0.25) is 0 Å². The van der Waals surface area contributed by atoms with Crippen molar-refractivity contribution in [2.45, 2.75) is 25.7 Å². The number of halogens is 3. The monoisotopic (exact) mass is 950 g/mol. The van der Waals surface area contributed by atoms with Crippen LogP contribution in [-0.4, -0.2) is 80.6 Å². The highest BCUT2D eigenvalue weighted by molar-refractivity contribution is 9.09. The van der Waals surface area contributed by atoms with E-state index in [1.165, 1.54) is 30.3 Å². The molecule has 0 aliphatic carbocycles.